The molecule has 1 aromatic carbocycles. The number of fused-ring (bicyclic) bond motifs is 1. The zero-order chi connectivity index (χ0) is 19.8. The van der Waals surface area contributed by atoms with Crippen LogP contribution in [0.5, 0.6) is 0 Å². The first kappa shape index (κ1) is 18.8. The molecule has 5 rings (SSSR count). The maximum Gasteiger partial charge on any atom is 0.274 e. The van der Waals surface area contributed by atoms with Gasteiger partial charge in [0.1, 0.15) is 0 Å². The van der Waals surface area contributed by atoms with Gasteiger partial charge in [-0.3, -0.25) is 9.69 Å². The molecule has 1 amide bonds. The number of para-hydroxylation sites is 1. The van der Waals surface area contributed by atoms with E-state index in [4.69, 9.17) is 5.10 Å². The first-order valence-electron chi connectivity index (χ1n) is 11.1. The van der Waals surface area contributed by atoms with Gasteiger partial charge in [0, 0.05) is 50.0 Å². The quantitative estimate of drug-likeness (QED) is 0.802. The van der Waals surface area contributed by atoms with E-state index in [1.165, 1.54) is 30.6 Å². The third-order valence-corrected chi connectivity index (χ3v) is 6.85. The van der Waals surface area contributed by atoms with Crippen molar-refractivity contribution in [1.82, 2.24) is 24.5 Å². The maximum absolute atomic E-state index is 13.4. The van der Waals surface area contributed by atoms with Crippen LogP contribution in [0.15, 0.2) is 30.3 Å². The van der Waals surface area contributed by atoms with E-state index < -0.39 is 0 Å². The molecule has 29 heavy (non-hydrogen) atoms. The van der Waals surface area contributed by atoms with Crippen LogP contribution in [0.25, 0.3) is 5.69 Å². The number of benzene rings is 1. The number of rotatable bonds is 3. The molecule has 1 atom stereocenters. The van der Waals surface area contributed by atoms with Gasteiger partial charge in [-0.2, -0.15) is 5.10 Å². The van der Waals surface area contributed by atoms with Crippen LogP contribution in [0.1, 0.15) is 41.0 Å². The number of hydrogen-bond donors (Lipinski definition) is 0. The van der Waals surface area contributed by atoms with Crippen molar-refractivity contribution in [2.75, 3.05) is 46.3 Å². The maximum atomic E-state index is 13.4. The summed E-state index contributed by atoms with van der Waals surface area (Å²) in [6, 6.07) is 10.9. The average molecular weight is 394 g/mol. The predicted molar refractivity (Wildman–Crippen MR) is 114 cm³/mol. The van der Waals surface area contributed by atoms with Crippen LogP contribution in [0.3, 0.4) is 0 Å². The van der Waals surface area contributed by atoms with Gasteiger partial charge >= 0.3 is 0 Å². The van der Waals surface area contributed by atoms with E-state index in [9.17, 15) is 4.79 Å². The lowest BCUT2D eigenvalue weighted by atomic mass is 10.0. The van der Waals surface area contributed by atoms with E-state index in [1.807, 2.05) is 27.8 Å². The first-order chi connectivity index (χ1) is 14.2. The number of carbonyl (C=O) groups is 1. The van der Waals surface area contributed by atoms with Crippen molar-refractivity contribution in [3.8, 4) is 5.69 Å². The van der Waals surface area contributed by atoms with Crippen LogP contribution in [0.2, 0.25) is 0 Å². The van der Waals surface area contributed by atoms with Crippen LogP contribution in [-0.4, -0.2) is 82.7 Å². The molecule has 154 valence electrons. The van der Waals surface area contributed by atoms with Crippen molar-refractivity contribution in [1.29, 1.82) is 0 Å². The number of piperazine rings is 1. The second-order valence-electron chi connectivity index (χ2n) is 8.76. The topological polar surface area (TPSA) is 44.6 Å². The smallest absolute Gasteiger partial charge is 0.274 e. The third kappa shape index (κ3) is 3.60. The molecule has 2 aliphatic heterocycles. The van der Waals surface area contributed by atoms with Gasteiger partial charge in [0.05, 0.1) is 5.69 Å². The number of nitrogens with zero attached hydrogens (tertiary/aromatic N) is 5. The largest absolute Gasteiger partial charge is 0.335 e. The van der Waals surface area contributed by atoms with Gasteiger partial charge < -0.3 is 9.80 Å². The van der Waals surface area contributed by atoms with E-state index in [-0.39, 0.29) is 5.91 Å². The highest BCUT2D eigenvalue weighted by Gasteiger charge is 2.33. The molecule has 6 heteroatoms. The molecule has 2 fully saturated rings. The molecule has 2 aromatic rings. The van der Waals surface area contributed by atoms with Gasteiger partial charge in [-0.25, -0.2) is 4.68 Å². The highest BCUT2D eigenvalue weighted by Crippen LogP contribution is 2.29. The van der Waals surface area contributed by atoms with Gasteiger partial charge in [0.25, 0.3) is 5.91 Å². The molecule has 0 spiro atoms. The summed E-state index contributed by atoms with van der Waals surface area (Å²) < 4.78 is 2.00. The summed E-state index contributed by atoms with van der Waals surface area (Å²) in [6.45, 7) is 5.95. The van der Waals surface area contributed by atoms with E-state index in [2.05, 4.69) is 29.0 Å². The Kier molecular flexibility index (Phi) is 5.14. The molecule has 1 aromatic heterocycles. The molecule has 0 radical (unpaired) electrons. The number of hydrogen-bond acceptors (Lipinski definition) is 4. The number of likely N-dealkylation sites (tertiary alicyclic amines) is 1. The fourth-order valence-electron chi connectivity index (χ4n) is 5.27. The van der Waals surface area contributed by atoms with E-state index in [0.717, 1.165) is 57.7 Å². The summed E-state index contributed by atoms with van der Waals surface area (Å²) in [5, 5.41) is 4.80. The standard InChI is InChI=1S/C23H31N5O/c1-25-12-6-9-19(17-25)26-13-15-27(16-14-26)23(29)22-20-10-5-11-21(20)28(24-22)18-7-3-2-4-8-18/h2-4,7-8,19H,5-6,9-17H2,1H3. The summed E-state index contributed by atoms with van der Waals surface area (Å²) in [7, 11) is 2.22. The van der Waals surface area contributed by atoms with E-state index >= 15 is 0 Å². The van der Waals surface area contributed by atoms with Crippen LogP contribution in [-0.2, 0) is 12.8 Å². The first-order valence-corrected chi connectivity index (χ1v) is 11.1. The molecular weight excluding hydrogens is 362 g/mol. The Morgan fingerprint density at radius 1 is 1.00 bits per heavy atom. The molecule has 3 aliphatic rings. The van der Waals surface area contributed by atoms with E-state index in [1.54, 1.807) is 0 Å². The summed E-state index contributed by atoms with van der Waals surface area (Å²) in [5.74, 6) is 0.123. The van der Waals surface area contributed by atoms with Crippen molar-refractivity contribution < 1.29 is 4.79 Å². The lowest BCUT2D eigenvalue weighted by molar-refractivity contribution is 0.0447. The summed E-state index contributed by atoms with van der Waals surface area (Å²) in [6.07, 6.45) is 5.66. The highest BCUT2D eigenvalue weighted by molar-refractivity contribution is 5.94. The van der Waals surface area contributed by atoms with Crippen LogP contribution in [0, 0.1) is 0 Å². The Labute approximate surface area is 173 Å². The lowest BCUT2D eigenvalue weighted by Gasteiger charge is -2.42. The van der Waals surface area contributed by atoms with Crippen LogP contribution in [0.4, 0.5) is 0 Å². The molecule has 6 nitrogen and oxygen atoms in total. The Balaban J connectivity index is 1.31. The fourth-order valence-corrected chi connectivity index (χ4v) is 5.27. The van der Waals surface area contributed by atoms with Crippen LogP contribution < -0.4 is 0 Å². The Hall–Kier alpha value is -2.18. The minimum Gasteiger partial charge on any atom is -0.335 e. The zero-order valence-electron chi connectivity index (χ0n) is 17.4. The third-order valence-electron chi connectivity index (χ3n) is 6.85. The zero-order valence-corrected chi connectivity index (χ0v) is 17.4. The Morgan fingerprint density at radius 3 is 2.55 bits per heavy atom. The molecule has 0 N–H and O–H groups in total. The summed E-state index contributed by atoms with van der Waals surface area (Å²) >= 11 is 0. The van der Waals surface area contributed by atoms with Gasteiger partial charge in [0.2, 0.25) is 0 Å². The Bertz CT molecular complexity index is 869. The average Bonchev–Trinajstić information content (AvgIpc) is 3.37. The summed E-state index contributed by atoms with van der Waals surface area (Å²) in [5.41, 5.74) is 4.14. The normalized spacial score (nSPS) is 23.3. The summed E-state index contributed by atoms with van der Waals surface area (Å²) in [4.78, 5) is 20.4. The van der Waals surface area contributed by atoms with Crippen molar-refractivity contribution in [2.45, 2.75) is 38.1 Å². The molecule has 0 bridgehead atoms. The lowest BCUT2D eigenvalue weighted by Crippen LogP contribution is -2.55. The molecule has 1 aliphatic carbocycles. The predicted octanol–water partition coefficient (Wildman–Crippen LogP) is 2.21. The van der Waals surface area contributed by atoms with E-state index in [0.29, 0.717) is 11.7 Å². The minimum atomic E-state index is 0.123. The fraction of sp³-hybridized carbons (Fsp3) is 0.565. The Morgan fingerprint density at radius 2 is 1.79 bits per heavy atom. The molecule has 3 heterocycles. The van der Waals surface area contributed by atoms with Gasteiger partial charge in [-0.15, -0.1) is 0 Å². The molecule has 2 saturated heterocycles. The number of aromatic nitrogens is 2. The highest BCUT2D eigenvalue weighted by atomic mass is 16.2. The molecular formula is C23H31N5O. The van der Waals surface area contributed by atoms with Crippen molar-refractivity contribution in [3.63, 3.8) is 0 Å². The monoisotopic (exact) mass is 393 g/mol. The number of carbonyl (C=O) groups excluding carboxylic acids is 1. The van der Waals surface area contributed by atoms with Crippen molar-refractivity contribution in [3.05, 3.63) is 47.3 Å². The molecule has 1 unspecified atom stereocenters. The number of piperidine rings is 1. The SMILES string of the molecule is CN1CCCC(N2CCN(C(=O)c3nn(-c4ccccc4)c4c3CCC4)CC2)C1. The van der Waals surface area contributed by atoms with Crippen molar-refractivity contribution in [2.24, 2.45) is 0 Å². The minimum absolute atomic E-state index is 0.123. The molecule has 0 saturated carbocycles. The van der Waals surface area contributed by atoms with Gasteiger partial charge in [-0.05, 0) is 57.8 Å². The second kappa shape index (κ2) is 7.92. The van der Waals surface area contributed by atoms with Crippen molar-refractivity contribution >= 4 is 5.91 Å². The van der Waals surface area contributed by atoms with Crippen LogP contribution >= 0.6 is 0 Å². The van der Waals surface area contributed by atoms with Gasteiger partial charge in [0.15, 0.2) is 5.69 Å². The number of likely N-dealkylation sites (N-methyl/N-ethyl adjacent to an activating group) is 1. The number of amides is 1. The second-order valence-corrected chi connectivity index (χ2v) is 8.76. The van der Waals surface area contributed by atoms with Gasteiger partial charge in [-0.1, -0.05) is 18.2 Å².